The monoisotopic (exact) mass is 597 g/mol. The molecule has 1 unspecified atom stereocenters. The summed E-state index contributed by atoms with van der Waals surface area (Å²) in [4.78, 5) is 47.3. The Kier molecular flexibility index (Phi) is 14.7. The summed E-state index contributed by atoms with van der Waals surface area (Å²) in [6.45, 7) is 12.0. The summed E-state index contributed by atoms with van der Waals surface area (Å²) in [6.07, 6.45) is 15.3. The molecule has 0 saturated heterocycles. The molecule has 228 valence electrons. The van der Waals surface area contributed by atoms with Gasteiger partial charge in [-0.05, 0) is 87.3 Å². The van der Waals surface area contributed by atoms with Gasteiger partial charge >= 0.3 is 5.97 Å². The van der Waals surface area contributed by atoms with E-state index in [0.717, 1.165) is 17.6 Å². The highest BCUT2D eigenvalue weighted by atomic mass is 35.5. The van der Waals surface area contributed by atoms with E-state index in [0.29, 0.717) is 5.69 Å². The molecule has 9 heteroatoms. The maximum absolute atomic E-state index is 12.5. The zero-order chi connectivity index (χ0) is 30.6. The first-order valence-electron chi connectivity index (χ1n) is 13.9. The highest BCUT2D eigenvalue weighted by Crippen LogP contribution is 2.40. The first-order valence-corrected chi connectivity index (χ1v) is 13.9. The average molecular weight is 598 g/mol. The summed E-state index contributed by atoms with van der Waals surface area (Å²) >= 11 is 0. The number of benzene rings is 1. The lowest BCUT2D eigenvalue weighted by Gasteiger charge is -2.32. The van der Waals surface area contributed by atoms with E-state index in [4.69, 9.17) is 10.5 Å². The van der Waals surface area contributed by atoms with E-state index in [1.54, 1.807) is 12.1 Å². The lowest BCUT2D eigenvalue weighted by atomic mass is 9.72. The Hall–Kier alpha value is -3.91. The van der Waals surface area contributed by atoms with Crippen LogP contribution in [0.4, 0.5) is 5.69 Å². The number of hydrogen-bond acceptors (Lipinski definition) is 5. The largest absolute Gasteiger partial charge is 0.425 e. The number of hydrogen-bond donors (Lipinski definition) is 3. The molecule has 0 spiro atoms. The summed E-state index contributed by atoms with van der Waals surface area (Å²) in [5.74, 6) is -1.79. The van der Waals surface area contributed by atoms with Gasteiger partial charge in [0, 0.05) is 25.1 Å². The highest BCUT2D eigenvalue weighted by Gasteiger charge is 2.26. The minimum absolute atomic E-state index is 0. The maximum Gasteiger partial charge on any atom is 0.334 e. The topological polar surface area (TPSA) is 128 Å². The van der Waals surface area contributed by atoms with E-state index in [1.807, 2.05) is 25.2 Å². The number of nitrogens with one attached hydrogen (secondary N) is 2. The van der Waals surface area contributed by atoms with Crippen LogP contribution in [0.3, 0.4) is 0 Å². The van der Waals surface area contributed by atoms with Crippen molar-refractivity contribution in [2.45, 2.75) is 79.7 Å². The average Bonchev–Trinajstić information content (AvgIpc) is 2.86. The Morgan fingerprint density at radius 3 is 2.31 bits per heavy atom. The molecular formula is C33H44ClN3O5. The number of amides is 3. The van der Waals surface area contributed by atoms with Gasteiger partial charge in [-0.25, -0.2) is 4.79 Å². The van der Waals surface area contributed by atoms with Crippen LogP contribution in [0, 0.1) is 5.41 Å². The van der Waals surface area contributed by atoms with Crippen molar-refractivity contribution in [3.05, 3.63) is 83.0 Å². The standard InChI is InChI=1S/C33H43N3O5.ClH/c1-22(12-17-28-24(3)11-8-20-33(28,5)6)9-7-10-23(2)21-31(39)36-26-13-15-27(16-14-26)41-32(40)29(35-25(4)37)18-19-30(34)38;/h7,9-10,12-17,21,29H,8,11,18-20H2,1-6H3,(H2,34,38)(H,35,37)(H,36,39);1H/b10-7+,17-12+,22-9+,23-21+;. The Bertz CT molecular complexity index is 1290. The SMILES string of the molecule is CC(=O)NC(CCC(N)=O)C(=O)Oc1ccc(NC(=O)/C=C(C)/C=C/C=C(C)/C=C/C2=C(C)CCCC2(C)C)cc1.Cl. The number of allylic oxidation sites excluding steroid dienone is 9. The van der Waals surface area contributed by atoms with Gasteiger partial charge in [0.15, 0.2) is 0 Å². The number of carbonyl (C=O) groups excluding carboxylic acids is 4. The summed E-state index contributed by atoms with van der Waals surface area (Å²) in [5, 5.41) is 5.23. The molecule has 1 aliphatic rings. The van der Waals surface area contributed by atoms with Gasteiger partial charge in [0.25, 0.3) is 0 Å². The van der Waals surface area contributed by atoms with Gasteiger partial charge in [0.1, 0.15) is 11.8 Å². The van der Waals surface area contributed by atoms with E-state index >= 15 is 0 Å². The van der Waals surface area contributed by atoms with E-state index in [-0.39, 0.29) is 42.3 Å². The predicted molar refractivity (Wildman–Crippen MR) is 170 cm³/mol. The summed E-state index contributed by atoms with van der Waals surface area (Å²) in [6, 6.07) is 5.24. The van der Waals surface area contributed by atoms with Gasteiger partial charge in [-0.3, -0.25) is 14.4 Å². The molecule has 1 aromatic rings. The molecule has 0 fully saturated rings. The van der Waals surface area contributed by atoms with Gasteiger partial charge in [0.2, 0.25) is 17.7 Å². The number of nitrogens with two attached hydrogens (primary N) is 1. The van der Waals surface area contributed by atoms with Gasteiger partial charge in [-0.15, -0.1) is 12.4 Å². The molecule has 0 bridgehead atoms. The number of esters is 1. The maximum atomic E-state index is 12.5. The third-order valence-corrected chi connectivity index (χ3v) is 6.81. The molecule has 1 aromatic carbocycles. The molecule has 2 rings (SSSR count). The van der Waals surface area contributed by atoms with Gasteiger partial charge < -0.3 is 21.1 Å². The van der Waals surface area contributed by atoms with Crippen LogP contribution in [0.2, 0.25) is 0 Å². The molecule has 0 saturated carbocycles. The molecule has 1 atom stereocenters. The van der Waals surface area contributed by atoms with Crippen LogP contribution in [0.15, 0.2) is 83.0 Å². The molecule has 0 radical (unpaired) electrons. The second-order valence-corrected chi connectivity index (χ2v) is 11.1. The van der Waals surface area contributed by atoms with Crippen molar-refractivity contribution >= 4 is 41.8 Å². The molecule has 42 heavy (non-hydrogen) atoms. The number of primary amides is 1. The third kappa shape index (κ3) is 12.7. The second-order valence-electron chi connectivity index (χ2n) is 11.1. The smallest absolute Gasteiger partial charge is 0.334 e. The molecule has 0 aromatic heterocycles. The number of ether oxygens (including phenoxy) is 1. The van der Waals surface area contributed by atoms with E-state index in [9.17, 15) is 19.2 Å². The molecule has 3 amide bonds. The fraction of sp³-hybridized carbons (Fsp3) is 0.394. The van der Waals surface area contributed by atoms with Gasteiger partial charge in [0.05, 0.1) is 0 Å². The van der Waals surface area contributed by atoms with Crippen molar-refractivity contribution in [2.75, 3.05) is 5.32 Å². The fourth-order valence-corrected chi connectivity index (χ4v) is 4.64. The van der Waals surface area contributed by atoms with Crippen LogP contribution in [0.25, 0.3) is 0 Å². The summed E-state index contributed by atoms with van der Waals surface area (Å²) in [5.41, 5.74) is 10.7. The van der Waals surface area contributed by atoms with Crippen LogP contribution < -0.4 is 21.1 Å². The molecule has 0 aliphatic heterocycles. The normalized spacial score (nSPS) is 16.1. The Labute approximate surface area is 255 Å². The zero-order valence-corrected chi connectivity index (χ0v) is 26.2. The van der Waals surface area contributed by atoms with Crippen LogP contribution in [0.1, 0.15) is 73.6 Å². The van der Waals surface area contributed by atoms with Crippen LogP contribution in [-0.4, -0.2) is 29.7 Å². The van der Waals surface area contributed by atoms with Crippen molar-refractivity contribution in [1.82, 2.24) is 5.32 Å². The van der Waals surface area contributed by atoms with E-state index in [2.05, 4.69) is 50.5 Å². The van der Waals surface area contributed by atoms with Gasteiger partial charge in [-0.2, -0.15) is 0 Å². The molecule has 4 N–H and O–H groups in total. The number of anilines is 1. The quantitative estimate of drug-likeness (QED) is 0.113. The lowest BCUT2D eigenvalue weighted by molar-refractivity contribution is -0.139. The third-order valence-electron chi connectivity index (χ3n) is 6.81. The predicted octanol–water partition coefficient (Wildman–Crippen LogP) is 6.25. The Morgan fingerprint density at radius 2 is 1.71 bits per heavy atom. The number of halogens is 1. The van der Waals surface area contributed by atoms with Crippen molar-refractivity contribution in [3.63, 3.8) is 0 Å². The van der Waals surface area contributed by atoms with E-state index in [1.165, 1.54) is 49.1 Å². The molecule has 8 nitrogen and oxygen atoms in total. The second kappa shape index (κ2) is 17.1. The summed E-state index contributed by atoms with van der Waals surface area (Å²) in [7, 11) is 0. The van der Waals surface area contributed by atoms with Gasteiger partial charge in [-0.1, -0.05) is 55.4 Å². The van der Waals surface area contributed by atoms with Crippen molar-refractivity contribution in [3.8, 4) is 5.75 Å². The summed E-state index contributed by atoms with van der Waals surface area (Å²) < 4.78 is 5.31. The number of rotatable bonds is 12. The molecular weight excluding hydrogens is 554 g/mol. The van der Waals surface area contributed by atoms with Crippen LogP contribution >= 0.6 is 12.4 Å². The highest BCUT2D eigenvalue weighted by molar-refractivity contribution is 6.00. The van der Waals surface area contributed by atoms with Crippen LogP contribution in [-0.2, 0) is 19.2 Å². The molecule has 0 heterocycles. The first kappa shape index (κ1) is 36.1. The lowest BCUT2D eigenvalue weighted by Crippen LogP contribution is -2.42. The van der Waals surface area contributed by atoms with Crippen LogP contribution in [0.5, 0.6) is 5.75 Å². The number of carbonyl (C=O) groups is 4. The van der Waals surface area contributed by atoms with Crippen molar-refractivity contribution in [1.29, 1.82) is 0 Å². The Morgan fingerprint density at radius 1 is 1.05 bits per heavy atom. The zero-order valence-electron chi connectivity index (χ0n) is 25.4. The van der Waals surface area contributed by atoms with Crippen molar-refractivity contribution in [2.24, 2.45) is 11.1 Å². The van der Waals surface area contributed by atoms with E-state index < -0.39 is 23.8 Å². The first-order chi connectivity index (χ1) is 19.3. The fourth-order valence-electron chi connectivity index (χ4n) is 4.64. The molecule has 1 aliphatic carbocycles. The minimum Gasteiger partial charge on any atom is -0.425 e. The Balaban J connectivity index is 0.00000882. The minimum atomic E-state index is -0.999. The van der Waals surface area contributed by atoms with Crippen molar-refractivity contribution < 1.29 is 23.9 Å².